The first-order chi connectivity index (χ1) is 10.1. The molecule has 0 fully saturated rings. The van der Waals surface area contributed by atoms with Crippen LogP contribution < -0.4 is 0 Å². The van der Waals surface area contributed by atoms with Gasteiger partial charge in [0.15, 0.2) is 0 Å². The molecule has 0 aromatic carbocycles. The summed E-state index contributed by atoms with van der Waals surface area (Å²) in [5.74, 6) is -3.87. The standard InChI is InChI=1S/C6H8N2O4.2C3H6O2/c9-4(10)3-8-2-1-7-5(8)6(11)12;2*1-2-3(4)5/h1-3H2,(H,9,10)(H,11,12);2*2H2,1H3,(H,4,5). The fourth-order valence-electron chi connectivity index (χ4n) is 1.00. The van der Waals surface area contributed by atoms with Gasteiger partial charge in [-0.3, -0.25) is 19.4 Å². The molecule has 0 spiro atoms. The fourth-order valence-corrected chi connectivity index (χ4v) is 1.00. The zero-order valence-corrected chi connectivity index (χ0v) is 12.4. The molecule has 0 atom stereocenters. The van der Waals surface area contributed by atoms with Crippen molar-refractivity contribution in [3.05, 3.63) is 0 Å². The van der Waals surface area contributed by atoms with Gasteiger partial charge in [-0.25, -0.2) is 4.79 Å². The molecule has 0 aromatic rings. The molecule has 1 aliphatic heterocycles. The number of hydrogen-bond acceptors (Lipinski definition) is 6. The van der Waals surface area contributed by atoms with Gasteiger partial charge < -0.3 is 25.3 Å². The summed E-state index contributed by atoms with van der Waals surface area (Å²) in [6, 6.07) is 0. The molecule has 0 saturated heterocycles. The van der Waals surface area contributed by atoms with Crippen molar-refractivity contribution in [3.8, 4) is 0 Å². The molecule has 126 valence electrons. The molecule has 0 amide bonds. The molecular weight excluding hydrogens is 300 g/mol. The van der Waals surface area contributed by atoms with Crippen LogP contribution in [0.15, 0.2) is 4.99 Å². The average molecular weight is 320 g/mol. The van der Waals surface area contributed by atoms with E-state index in [1.54, 1.807) is 13.8 Å². The summed E-state index contributed by atoms with van der Waals surface area (Å²) in [7, 11) is 0. The van der Waals surface area contributed by atoms with Gasteiger partial charge in [0.05, 0.1) is 6.54 Å². The highest BCUT2D eigenvalue weighted by molar-refractivity contribution is 6.35. The SMILES string of the molecule is CCC(=O)O.CCC(=O)O.O=C(O)CN1CCN=C1C(=O)O. The third-order valence-electron chi connectivity index (χ3n) is 2.05. The Morgan fingerprint density at radius 1 is 0.955 bits per heavy atom. The van der Waals surface area contributed by atoms with Crippen LogP contribution in [-0.4, -0.2) is 74.7 Å². The van der Waals surface area contributed by atoms with Crippen LogP contribution in [0.5, 0.6) is 0 Å². The highest BCUT2D eigenvalue weighted by Crippen LogP contribution is 2.00. The Balaban J connectivity index is 0. The van der Waals surface area contributed by atoms with E-state index in [1.165, 1.54) is 4.90 Å². The molecule has 4 N–H and O–H groups in total. The van der Waals surface area contributed by atoms with E-state index in [4.69, 9.17) is 20.4 Å². The number of carbonyl (C=O) groups is 4. The Morgan fingerprint density at radius 2 is 1.36 bits per heavy atom. The molecule has 0 aromatic heterocycles. The summed E-state index contributed by atoms with van der Waals surface area (Å²) < 4.78 is 0. The van der Waals surface area contributed by atoms with E-state index in [0.29, 0.717) is 13.1 Å². The van der Waals surface area contributed by atoms with Gasteiger partial charge in [0, 0.05) is 19.4 Å². The molecule has 1 heterocycles. The summed E-state index contributed by atoms with van der Waals surface area (Å²) in [4.78, 5) is 44.3. The van der Waals surface area contributed by atoms with Crippen molar-refractivity contribution in [3.63, 3.8) is 0 Å². The zero-order chi connectivity index (χ0) is 17.7. The predicted molar refractivity (Wildman–Crippen MR) is 75.0 cm³/mol. The molecule has 0 saturated carbocycles. The maximum absolute atomic E-state index is 10.4. The molecule has 0 radical (unpaired) electrons. The number of aliphatic carboxylic acids is 4. The van der Waals surface area contributed by atoms with Gasteiger partial charge in [-0.15, -0.1) is 0 Å². The Bertz CT molecular complexity index is 419. The molecule has 1 aliphatic rings. The number of aliphatic imine (C=N–C) groups is 1. The quantitative estimate of drug-likeness (QED) is 0.538. The number of carboxylic acid groups (broad SMARTS) is 4. The van der Waals surface area contributed by atoms with Crippen LogP contribution in [0.25, 0.3) is 0 Å². The van der Waals surface area contributed by atoms with E-state index in [2.05, 4.69) is 4.99 Å². The molecule has 1 rings (SSSR count). The van der Waals surface area contributed by atoms with Gasteiger partial charge in [-0.1, -0.05) is 13.8 Å². The lowest BCUT2D eigenvalue weighted by Gasteiger charge is -2.13. The molecule has 10 heteroatoms. The Labute approximate surface area is 126 Å². The van der Waals surface area contributed by atoms with E-state index in [-0.39, 0.29) is 25.2 Å². The summed E-state index contributed by atoms with van der Waals surface area (Å²) in [5.41, 5.74) is 0. The number of amidine groups is 1. The maximum atomic E-state index is 10.4. The minimum atomic E-state index is -1.17. The predicted octanol–water partition coefficient (Wildman–Crippen LogP) is -0.168. The van der Waals surface area contributed by atoms with Gasteiger partial charge in [-0.05, 0) is 0 Å². The Kier molecular flexibility index (Phi) is 11.9. The molecule has 22 heavy (non-hydrogen) atoms. The number of carboxylic acids is 4. The lowest BCUT2D eigenvalue weighted by atomic mass is 10.4. The highest BCUT2D eigenvalue weighted by Gasteiger charge is 2.24. The van der Waals surface area contributed by atoms with Gasteiger partial charge in [0.25, 0.3) is 0 Å². The van der Waals surface area contributed by atoms with Gasteiger partial charge in [0.1, 0.15) is 6.54 Å². The maximum Gasteiger partial charge on any atom is 0.371 e. The first-order valence-electron chi connectivity index (χ1n) is 6.33. The Morgan fingerprint density at radius 3 is 1.64 bits per heavy atom. The molecule has 0 unspecified atom stereocenters. The number of hydrogen-bond donors (Lipinski definition) is 4. The Hall–Kier alpha value is -2.65. The summed E-state index contributed by atoms with van der Waals surface area (Å²) >= 11 is 0. The molecule has 10 nitrogen and oxygen atoms in total. The van der Waals surface area contributed by atoms with Crippen LogP contribution in [-0.2, 0) is 19.2 Å². The van der Waals surface area contributed by atoms with E-state index in [9.17, 15) is 19.2 Å². The summed E-state index contributed by atoms with van der Waals surface area (Å²) in [5, 5.41) is 32.4. The molecular formula is C12H20N2O8. The third kappa shape index (κ3) is 12.4. The number of rotatable bonds is 5. The van der Waals surface area contributed by atoms with Crippen LogP contribution >= 0.6 is 0 Å². The second-order valence-electron chi connectivity index (χ2n) is 3.82. The summed E-state index contributed by atoms with van der Waals surface area (Å²) in [6.45, 7) is 3.62. The van der Waals surface area contributed by atoms with E-state index in [0.717, 1.165) is 0 Å². The average Bonchev–Trinajstić information content (AvgIpc) is 2.87. The second kappa shape index (κ2) is 12.1. The smallest absolute Gasteiger partial charge is 0.371 e. The first-order valence-corrected chi connectivity index (χ1v) is 6.33. The lowest BCUT2D eigenvalue weighted by Crippen LogP contribution is -2.37. The van der Waals surface area contributed by atoms with Crippen LogP contribution in [0.2, 0.25) is 0 Å². The van der Waals surface area contributed by atoms with Crippen LogP contribution in [0.4, 0.5) is 0 Å². The summed E-state index contributed by atoms with van der Waals surface area (Å²) in [6.07, 6.45) is 0.444. The third-order valence-corrected chi connectivity index (χ3v) is 2.05. The van der Waals surface area contributed by atoms with E-state index in [1.807, 2.05) is 0 Å². The largest absolute Gasteiger partial charge is 0.481 e. The fraction of sp³-hybridized carbons (Fsp3) is 0.583. The van der Waals surface area contributed by atoms with Crippen molar-refractivity contribution >= 4 is 29.7 Å². The van der Waals surface area contributed by atoms with Crippen molar-refractivity contribution in [2.45, 2.75) is 26.7 Å². The van der Waals surface area contributed by atoms with E-state index < -0.39 is 23.9 Å². The van der Waals surface area contributed by atoms with Gasteiger partial charge in [0.2, 0.25) is 5.84 Å². The van der Waals surface area contributed by atoms with Crippen molar-refractivity contribution in [2.75, 3.05) is 19.6 Å². The van der Waals surface area contributed by atoms with Crippen molar-refractivity contribution in [1.82, 2.24) is 4.90 Å². The lowest BCUT2D eigenvalue weighted by molar-refractivity contribution is -0.138. The molecule has 0 aliphatic carbocycles. The van der Waals surface area contributed by atoms with Crippen molar-refractivity contribution < 1.29 is 39.6 Å². The van der Waals surface area contributed by atoms with Crippen LogP contribution in [0.1, 0.15) is 26.7 Å². The zero-order valence-electron chi connectivity index (χ0n) is 12.4. The van der Waals surface area contributed by atoms with Gasteiger partial charge >= 0.3 is 23.9 Å². The minimum absolute atomic E-state index is 0.155. The second-order valence-corrected chi connectivity index (χ2v) is 3.82. The monoisotopic (exact) mass is 320 g/mol. The molecule has 0 bridgehead atoms. The highest BCUT2D eigenvalue weighted by atomic mass is 16.4. The number of nitrogens with zero attached hydrogens (tertiary/aromatic N) is 2. The topological polar surface area (TPSA) is 165 Å². The minimum Gasteiger partial charge on any atom is -0.481 e. The van der Waals surface area contributed by atoms with Crippen LogP contribution in [0.3, 0.4) is 0 Å². The van der Waals surface area contributed by atoms with Gasteiger partial charge in [-0.2, -0.15) is 0 Å². The normalized spacial score (nSPS) is 12.1. The first kappa shape index (κ1) is 21.6. The van der Waals surface area contributed by atoms with Crippen LogP contribution in [0, 0.1) is 0 Å². The van der Waals surface area contributed by atoms with E-state index >= 15 is 0 Å². The van der Waals surface area contributed by atoms with Crippen molar-refractivity contribution in [2.24, 2.45) is 4.99 Å². The van der Waals surface area contributed by atoms with Crippen molar-refractivity contribution in [1.29, 1.82) is 0 Å².